The van der Waals surface area contributed by atoms with Crippen LogP contribution in [0.3, 0.4) is 0 Å². The number of hydrogen-bond donors (Lipinski definition) is 3. The molecule has 3 rings (SSSR count). The Kier molecular flexibility index (Phi) is 9.35. The Morgan fingerprint density at radius 1 is 1.30 bits per heavy atom. The highest BCUT2D eigenvalue weighted by molar-refractivity contribution is 5.64. The normalized spacial score (nSPS) is 15.8. The molecule has 1 saturated heterocycles. The summed E-state index contributed by atoms with van der Waals surface area (Å²) in [6, 6.07) is 7.65. The van der Waals surface area contributed by atoms with Crippen molar-refractivity contribution in [3.05, 3.63) is 35.5 Å². The summed E-state index contributed by atoms with van der Waals surface area (Å²) in [7, 11) is 1.42. The zero-order valence-electron chi connectivity index (χ0n) is 22.5. The number of nitrogens with one attached hydrogen (secondary N) is 1. The van der Waals surface area contributed by atoms with E-state index >= 15 is 0 Å². The van der Waals surface area contributed by atoms with Crippen molar-refractivity contribution in [1.82, 2.24) is 14.9 Å². The second kappa shape index (κ2) is 12.3. The fraction of sp³-hybridized carbons (Fsp3) is 0.536. The van der Waals surface area contributed by atoms with E-state index in [-0.39, 0.29) is 12.6 Å². The fourth-order valence-corrected chi connectivity index (χ4v) is 4.20. The van der Waals surface area contributed by atoms with Crippen LogP contribution < -0.4 is 10.1 Å². The molecule has 0 radical (unpaired) electrons. The Morgan fingerprint density at radius 3 is 2.62 bits per heavy atom. The van der Waals surface area contributed by atoms with Crippen LogP contribution in [-0.4, -0.2) is 76.2 Å². The maximum Gasteiger partial charge on any atom is 0.407 e. The van der Waals surface area contributed by atoms with Crippen LogP contribution in [0.1, 0.15) is 51.8 Å². The van der Waals surface area contributed by atoms with Gasteiger partial charge < -0.3 is 29.9 Å². The van der Waals surface area contributed by atoms with Crippen molar-refractivity contribution in [2.45, 2.75) is 65.7 Å². The largest absolute Gasteiger partial charge is 0.487 e. The Hall–Kier alpha value is -3.35. The van der Waals surface area contributed by atoms with Crippen LogP contribution in [0.2, 0.25) is 0 Å². The van der Waals surface area contributed by atoms with Crippen LogP contribution in [0.4, 0.5) is 10.6 Å². The summed E-state index contributed by atoms with van der Waals surface area (Å²) in [5.74, 6) is 7.82. The van der Waals surface area contributed by atoms with E-state index in [1.807, 2.05) is 45.9 Å². The van der Waals surface area contributed by atoms with Crippen LogP contribution >= 0.6 is 0 Å². The van der Waals surface area contributed by atoms with Crippen molar-refractivity contribution in [3.8, 4) is 29.0 Å². The van der Waals surface area contributed by atoms with Crippen LogP contribution in [0.25, 0.3) is 11.4 Å². The van der Waals surface area contributed by atoms with Crippen molar-refractivity contribution in [3.63, 3.8) is 0 Å². The van der Waals surface area contributed by atoms with E-state index in [0.29, 0.717) is 17.3 Å². The third-order valence-corrected chi connectivity index (χ3v) is 6.30. The van der Waals surface area contributed by atoms with E-state index in [1.165, 1.54) is 7.05 Å². The number of aliphatic hydroxyl groups excluding tert-OH is 1. The molecule has 200 valence electrons. The quantitative estimate of drug-likeness (QED) is 0.453. The first kappa shape index (κ1) is 28.2. The molecule has 3 N–H and O–H groups in total. The molecule has 1 aromatic carbocycles. The summed E-state index contributed by atoms with van der Waals surface area (Å²) >= 11 is 0. The number of amides is 1. The molecule has 0 bridgehead atoms. The minimum atomic E-state index is -1.11. The SMILES string of the molecule is CC#Cc1nc(-c2cccc(OC(C(O)CN(C)C(=O)O)C(C)(C)C)c2)nc(NC2CCOCC2)c1C. The van der Waals surface area contributed by atoms with Gasteiger partial charge in [-0.15, -0.1) is 0 Å². The number of carbonyl (C=O) groups is 1. The summed E-state index contributed by atoms with van der Waals surface area (Å²) in [5.41, 5.74) is 1.85. The van der Waals surface area contributed by atoms with E-state index in [0.717, 1.165) is 47.9 Å². The number of ether oxygens (including phenoxy) is 2. The number of anilines is 1. The Morgan fingerprint density at radius 2 is 2.00 bits per heavy atom. The van der Waals surface area contributed by atoms with Crippen molar-refractivity contribution >= 4 is 11.9 Å². The number of aliphatic hydroxyl groups is 1. The van der Waals surface area contributed by atoms with Crippen LogP contribution in [-0.2, 0) is 4.74 Å². The molecular weight excluding hydrogens is 472 g/mol. The van der Waals surface area contributed by atoms with Gasteiger partial charge in [-0.2, -0.15) is 0 Å². The van der Waals surface area contributed by atoms with Crippen molar-refractivity contribution in [1.29, 1.82) is 0 Å². The molecule has 0 saturated carbocycles. The maximum atomic E-state index is 11.3. The highest BCUT2D eigenvalue weighted by atomic mass is 16.5. The number of rotatable bonds is 8. The standard InChI is InChI=1S/C28H38N4O5/c1-7-9-22-18(2)25(29-20-12-14-36-15-13-20)31-26(30-22)19-10-8-11-21(16-19)37-24(28(3,4)5)23(33)17-32(6)27(34)35/h8,10-11,16,20,23-24,33H,12-15,17H2,1-6H3,(H,34,35)(H,29,30,31). The van der Waals surface area contributed by atoms with E-state index in [2.05, 4.69) is 17.2 Å². The van der Waals surface area contributed by atoms with Gasteiger partial charge in [-0.1, -0.05) is 38.8 Å². The molecule has 1 aliphatic heterocycles. The van der Waals surface area contributed by atoms with Gasteiger partial charge in [0.15, 0.2) is 5.82 Å². The number of aromatic nitrogens is 2. The monoisotopic (exact) mass is 510 g/mol. The topological polar surface area (TPSA) is 117 Å². The molecule has 2 atom stereocenters. The van der Waals surface area contributed by atoms with Crippen molar-refractivity contribution in [2.24, 2.45) is 5.41 Å². The molecule has 9 nitrogen and oxygen atoms in total. The van der Waals surface area contributed by atoms with Gasteiger partial charge >= 0.3 is 6.09 Å². The molecule has 2 unspecified atom stereocenters. The lowest BCUT2D eigenvalue weighted by molar-refractivity contribution is -0.0366. The molecule has 1 aromatic heterocycles. The lowest BCUT2D eigenvalue weighted by Crippen LogP contribution is -2.48. The molecule has 1 amide bonds. The van der Waals surface area contributed by atoms with E-state index in [9.17, 15) is 15.0 Å². The Labute approximate surface area is 219 Å². The average molecular weight is 511 g/mol. The van der Waals surface area contributed by atoms with Gasteiger partial charge in [0.05, 0.1) is 6.54 Å². The lowest BCUT2D eigenvalue weighted by Gasteiger charge is -2.35. The fourth-order valence-electron chi connectivity index (χ4n) is 4.20. The molecule has 0 spiro atoms. The van der Waals surface area contributed by atoms with E-state index in [1.54, 1.807) is 13.0 Å². The third kappa shape index (κ3) is 7.57. The summed E-state index contributed by atoms with van der Waals surface area (Å²) in [4.78, 5) is 21.9. The molecule has 1 fully saturated rings. The number of nitrogens with zero attached hydrogens (tertiary/aromatic N) is 3. The molecule has 37 heavy (non-hydrogen) atoms. The predicted molar refractivity (Wildman–Crippen MR) is 143 cm³/mol. The lowest BCUT2D eigenvalue weighted by atomic mass is 9.85. The van der Waals surface area contributed by atoms with E-state index < -0.39 is 23.7 Å². The average Bonchev–Trinajstić information content (AvgIpc) is 2.85. The van der Waals surface area contributed by atoms with Crippen molar-refractivity contribution in [2.75, 3.05) is 32.1 Å². The van der Waals surface area contributed by atoms with Crippen LogP contribution in [0, 0.1) is 24.2 Å². The summed E-state index contributed by atoms with van der Waals surface area (Å²) in [6.07, 6.45) is -0.978. The number of likely N-dealkylation sites (N-methyl/N-ethyl adjacent to an activating group) is 1. The number of hydrogen-bond acceptors (Lipinski definition) is 7. The Bertz CT molecular complexity index is 1150. The van der Waals surface area contributed by atoms with Gasteiger partial charge in [-0.25, -0.2) is 14.8 Å². The molecule has 2 heterocycles. The molecule has 0 aliphatic carbocycles. The first-order valence-corrected chi connectivity index (χ1v) is 12.5. The highest BCUT2D eigenvalue weighted by Gasteiger charge is 2.34. The molecular formula is C28H38N4O5. The second-order valence-electron chi connectivity index (χ2n) is 10.4. The van der Waals surface area contributed by atoms with Crippen LogP contribution in [0.5, 0.6) is 5.75 Å². The molecule has 9 heteroatoms. The summed E-state index contributed by atoms with van der Waals surface area (Å²) in [5, 5.41) is 23.6. The van der Waals surface area contributed by atoms with Gasteiger partial charge in [0, 0.05) is 42.8 Å². The number of carboxylic acid groups (broad SMARTS) is 1. The zero-order chi connectivity index (χ0) is 27.2. The maximum absolute atomic E-state index is 11.3. The van der Waals surface area contributed by atoms with Crippen LogP contribution in [0.15, 0.2) is 24.3 Å². The number of benzene rings is 1. The zero-order valence-corrected chi connectivity index (χ0v) is 22.5. The predicted octanol–water partition coefficient (Wildman–Crippen LogP) is 4.18. The first-order chi connectivity index (χ1) is 17.5. The molecule has 2 aromatic rings. The smallest absolute Gasteiger partial charge is 0.407 e. The minimum absolute atomic E-state index is 0.0711. The van der Waals surface area contributed by atoms with Gasteiger partial charge in [-0.3, -0.25) is 0 Å². The highest BCUT2D eigenvalue weighted by Crippen LogP contribution is 2.31. The van der Waals surface area contributed by atoms with Gasteiger partial charge in [0.25, 0.3) is 0 Å². The minimum Gasteiger partial charge on any atom is -0.487 e. The van der Waals surface area contributed by atoms with E-state index in [4.69, 9.17) is 19.4 Å². The van der Waals surface area contributed by atoms with Crippen molar-refractivity contribution < 1.29 is 24.5 Å². The third-order valence-electron chi connectivity index (χ3n) is 6.30. The summed E-state index contributed by atoms with van der Waals surface area (Å²) < 4.78 is 11.7. The van der Waals surface area contributed by atoms with Gasteiger partial charge in [0.2, 0.25) is 0 Å². The first-order valence-electron chi connectivity index (χ1n) is 12.5. The van der Waals surface area contributed by atoms with Gasteiger partial charge in [0.1, 0.15) is 29.5 Å². The Balaban J connectivity index is 1.92. The second-order valence-corrected chi connectivity index (χ2v) is 10.4. The molecule has 1 aliphatic rings. The summed E-state index contributed by atoms with van der Waals surface area (Å²) in [6.45, 7) is 10.9. The van der Waals surface area contributed by atoms with Gasteiger partial charge in [-0.05, 0) is 44.7 Å².